The van der Waals surface area contributed by atoms with Gasteiger partial charge in [-0.15, -0.1) is 0 Å². The van der Waals surface area contributed by atoms with Crippen LogP contribution in [0.2, 0.25) is 0 Å². The molecule has 0 unspecified atom stereocenters. The van der Waals surface area contributed by atoms with Crippen LogP contribution in [0.5, 0.6) is 5.75 Å². The average molecular weight is 332 g/mol. The SMILES string of the molecule is COc1cc(C)ccc1[C@H]1[C@@H]2[C@H](C)NC(=O)N(C)[C@@H]2NC(=O)N1C. The van der Waals surface area contributed by atoms with E-state index in [1.807, 2.05) is 32.0 Å². The fourth-order valence-corrected chi connectivity index (χ4v) is 3.78. The average Bonchev–Trinajstić information content (AvgIpc) is 2.54. The molecule has 130 valence electrons. The lowest BCUT2D eigenvalue weighted by molar-refractivity contribution is 0.0241. The van der Waals surface area contributed by atoms with Gasteiger partial charge in [0.15, 0.2) is 0 Å². The van der Waals surface area contributed by atoms with Gasteiger partial charge in [0, 0.05) is 31.6 Å². The highest BCUT2D eigenvalue weighted by molar-refractivity contribution is 5.80. The Morgan fingerprint density at radius 3 is 2.42 bits per heavy atom. The van der Waals surface area contributed by atoms with Crippen LogP contribution in [0.15, 0.2) is 18.2 Å². The molecule has 7 heteroatoms. The summed E-state index contributed by atoms with van der Waals surface area (Å²) in [5.74, 6) is 0.749. The molecule has 0 saturated carbocycles. The van der Waals surface area contributed by atoms with Crippen LogP contribution in [0.25, 0.3) is 0 Å². The number of carbonyl (C=O) groups excluding carboxylic acids is 2. The van der Waals surface area contributed by atoms with Crippen LogP contribution >= 0.6 is 0 Å². The molecule has 0 bridgehead atoms. The third-order valence-electron chi connectivity index (χ3n) is 5.11. The summed E-state index contributed by atoms with van der Waals surface area (Å²) in [6.45, 7) is 3.98. The van der Waals surface area contributed by atoms with Crippen molar-refractivity contribution in [2.75, 3.05) is 21.2 Å². The van der Waals surface area contributed by atoms with Crippen molar-refractivity contribution in [3.8, 4) is 5.75 Å². The first-order valence-corrected chi connectivity index (χ1v) is 8.06. The highest BCUT2D eigenvalue weighted by Gasteiger charge is 2.50. The summed E-state index contributed by atoms with van der Waals surface area (Å²) >= 11 is 0. The van der Waals surface area contributed by atoms with Crippen molar-refractivity contribution >= 4 is 12.1 Å². The van der Waals surface area contributed by atoms with Crippen molar-refractivity contribution in [3.63, 3.8) is 0 Å². The summed E-state index contributed by atoms with van der Waals surface area (Å²) in [4.78, 5) is 27.8. The van der Waals surface area contributed by atoms with Crippen LogP contribution in [0.4, 0.5) is 9.59 Å². The number of methoxy groups -OCH3 is 1. The first kappa shape index (κ1) is 16.4. The van der Waals surface area contributed by atoms with Gasteiger partial charge in [-0.2, -0.15) is 0 Å². The first-order valence-electron chi connectivity index (χ1n) is 8.06. The molecule has 1 aromatic rings. The molecule has 2 fully saturated rings. The minimum absolute atomic E-state index is 0.00740. The summed E-state index contributed by atoms with van der Waals surface area (Å²) in [5, 5.41) is 5.92. The molecule has 4 amide bonds. The number of nitrogens with one attached hydrogen (secondary N) is 2. The van der Waals surface area contributed by atoms with Gasteiger partial charge in [-0.05, 0) is 25.5 Å². The quantitative estimate of drug-likeness (QED) is 0.865. The van der Waals surface area contributed by atoms with E-state index < -0.39 is 0 Å². The Morgan fingerprint density at radius 2 is 1.75 bits per heavy atom. The van der Waals surface area contributed by atoms with E-state index in [9.17, 15) is 9.59 Å². The fraction of sp³-hybridized carbons (Fsp3) is 0.529. The molecule has 4 atom stereocenters. The van der Waals surface area contributed by atoms with Crippen LogP contribution in [0.1, 0.15) is 24.1 Å². The molecule has 2 saturated heterocycles. The molecule has 2 aliphatic rings. The van der Waals surface area contributed by atoms with Crippen LogP contribution in [0.3, 0.4) is 0 Å². The second-order valence-electron chi connectivity index (χ2n) is 6.62. The minimum atomic E-state index is -0.353. The second-order valence-corrected chi connectivity index (χ2v) is 6.62. The molecule has 0 aliphatic carbocycles. The van der Waals surface area contributed by atoms with Crippen molar-refractivity contribution in [2.45, 2.75) is 32.1 Å². The number of ether oxygens (including phenoxy) is 1. The zero-order valence-corrected chi connectivity index (χ0v) is 14.7. The smallest absolute Gasteiger partial charge is 0.319 e. The third-order valence-corrected chi connectivity index (χ3v) is 5.11. The molecule has 24 heavy (non-hydrogen) atoms. The van der Waals surface area contributed by atoms with Crippen molar-refractivity contribution < 1.29 is 14.3 Å². The first-order chi connectivity index (χ1) is 11.3. The van der Waals surface area contributed by atoms with Crippen LogP contribution in [-0.2, 0) is 0 Å². The third kappa shape index (κ3) is 2.44. The van der Waals surface area contributed by atoms with E-state index in [0.717, 1.165) is 16.9 Å². The number of rotatable bonds is 2. The largest absolute Gasteiger partial charge is 0.496 e. The fourth-order valence-electron chi connectivity index (χ4n) is 3.78. The van der Waals surface area contributed by atoms with E-state index in [1.165, 1.54) is 0 Å². The van der Waals surface area contributed by atoms with E-state index in [4.69, 9.17) is 4.74 Å². The monoisotopic (exact) mass is 332 g/mol. The van der Waals surface area contributed by atoms with Crippen LogP contribution in [0, 0.1) is 12.8 Å². The molecular formula is C17H24N4O3. The van der Waals surface area contributed by atoms with E-state index in [-0.39, 0.29) is 36.2 Å². The van der Waals surface area contributed by atoms with E-state index in [2.05, 4.69) is 10.6 Å². The molecule has 0 aromatic heterocycles. The summed E-state index contributed by atoms with van der Waals surface area (Å²) in [6.07, 6.45) is -0.353. The lowest BCUT2D eigenvalue weighted by Crippen LogP contribution is -2.71. The Hall–Kier alpha value is -2.44. The Labute approximate surface area is 141 Å². The predicted molar refractivity (Wildman–Crippen MR) is 89.8 cm³/mol. The molecule has 3 rings (SSSR count). The number of hydrogen-bond acceptors (Lipinski definition) is 3. The van der Waals surface area contributed by atoms with E-state index >= 15 is 0 Å². The Morgan fingerprint density at radius 1 is 1.08 bits per heavy atom. The molecule has 1 aromatic carbocycles. The summed E-state index contributed by atoms with van der Waals surface area (Å²) < 4.78 is 5.57. The number of aryl methyl sites for hydroxylation is 1. The predicted octanol–water partition coefficient (Wildman–Crippen LogP) is 1.69. The number of hydrogen-bond donors (Lipinski definition) is 2. The van der Waals surface area contributed by atoms with Gasteiger partial charge in [-0.3, -0.25) is 0 Å². The van der Waals surface area contributed by atoms with Crippen molar-refractivity contribution in [3.05, 3.63) is 29.3 Å². The van der Waals surface area contributed by atoms with Crippen molar-refractivity contribution in [1.82, 2.24) is 20.4 Å². The number of urea groups is 2. The summed E-state index contributed by atoms with van der Waals surface area (Å²) in [6, 6.07) is 5.34. The van der Waals surface area contributed by atoms with Crippen molar-refractivity contribution in [1.29, 1.82) is 0 Å². The van der Waals surface area contributed by atoms with Crippen LogP contribution < -0.4 is 15.4 Å². The maximum Gasteiger partial charge on any atom is 0.319 e. The summed E-state index contributed by atoms with van der Waals surface area (Å²) in [5.41, 5.74) is 2.05. The van der Waals surface area contributed by atoms with Gasteiger partial charge >= 0.3 is 12.1 Å². The lowest BCUT2D eigenvalue weighted by Gasteiger charge is -2.52. The maximum atomic E-state index is 12.5. The number of amides is 4. The Kier molecular flexibility index (Phi) is 4.03. The van der Waals surface area contributed by atoms with E-state index in [0.29, 0.717) is 0 Å². The molecule has 2 aliphatic heterocycles. The van der Waals surface area contributed by atoms with Crippen LogP contribution in [-0.4, -0.2) is 55.3 Å². The standard InChI is InChI=1S/C17H24N4O3/c1-9-6-7-11(12(8-9)24-5)14-13-10(2)18-16(22)21(4)15(13)19-17(23)20(14)3/h6-8,10,13-15H,1-5H3,(H,18,22)(H,19,23)/t10-,13-,14-,15-/m0/s1. The number of fused-ring (bicyclic) bond motifs is 1. The van der Waals surface area contributed by atoms with Gasteiger partial charge < -0.3 is 25.2 Å². The van der Waals surface area contributed by atoms with Gasteiger partial charge in [0.1, 0.15) is 11.9 Å². The van der Waals surface area contributed by atoms with Gasteiger partial charge in [-0.25, -0.2) is 9.59 Å². The maximum absolute atomic E-state index is 12.5. The molecule has 0 radical (unpaired) electrons. The van der Waals surface area contributed by atoms with E-state index in [1.54, 1.807) is 31.0 Å². The zero-order chi connectivity index (χ0) is 17.6. The Bertz CT molecular complexity index is 678. The molecule has 7 nitrogen and oxygen atoms in total. The van der Waals surface area contributed by atoms with Gasteiger partial charge in [0.25, 0.3) is 0 Å². The number of benzene rings is 1. The molecule has 2 heterocycles. The van der Waals surface area contributed by atoms with Gasteiger partial charge in [0.2, 0.25) is 0 Å². The lowest BCUT2D eigenvalue weighted by atomic mass is 9.80. The zero-order valence-electron chi connectivity index (χ0n) is 14.7. The van der Waals surface area contributed by atoms with Crippen molar-refractivity contribution in [2.24, 2.45) is 5.92 Å². The highest BCUT2D eigenvalue weighted by atomic mass is 16.5. The molecular weight excluding hydrogens is 308 g/mol. The Balaban J connectivity index is 2.10. The molecule has 2 N–H and O–H groups in total. The van der Waals surface area contributed by atoms with Gasteiger partial charge in [-0.1, -0.05) is 12.1 Å². The van der Waals surface area contributed by atoms with Gasteiger partial charge in [0.05, 0.1) is 13.2 Å². The normalized spacial score (nSPS) is 29.7. The second kappa shape index (κ2) is 5.89. The number of nitrogens with zero attached hydrogens (tertiary/aromatic N) is 2. The summed E-state index contributed by atoms with van der Waals surface area (Å²) in [7, 11) is 5.11. The molecule has 0 spiro atoms. The number of carbonyl (C=O) groups is 2. The highest BCUT2D eigenvalue weighted by Crippen LogP contribution is 2.41. The minimum Gasteiger partial charge on any atom is -0.496 e. The topological polar surface area (TPSA) is 73.9 Å².